The Morgan fingerprint density at radius 1 is 0.319 bits per heavy atom. The molecule has 3 unspecified atom stereocenters. The molecule has 0 aliphatic rings. The van der Waals surface area contributed by atoms with Gasteiger partial charge in [-0.05, 0) is 37.5 Å². The summed E-state index contributed by atoms with van der Waals surface area (Å²) in [6.45, 7) is 9.57. The standard InChI is InChI=1S/C72H140O17P2/c1-7-10-12-14-16-28-36-42-48-54-69(74)82-60-67(88-71(76)56-50-44-38-29-17-15-13-11-8-2)62-86-90(78,79)84-58-66(73)59-85-91(80,81)87-63-68(61-83-70(75)55-49-43-37-33-32-35-41-47-53-65(6)9-3)89-72(77)57-51-45-39-31-27-25-23-21-19-18-20-22-24-26-30-34-40-46-52-64(4)5/h64-68,73H,7-63H2,1-6H3,(H,78,79)(H,80,81)/t65?,66-,67+,68+/m0/s1. The molecule has 19 heteroatoms. The average Bonchev–Trinajstić information content (AvgIpc) is 3.27. The Bertz CT molecular complexity index is 1770. The molecule has 0 aliphatic heterocycles. The zero-order valence-electron chi connectivity index (χ0n) is 59.1. The fourth-order valence-corrected chi connectivity index (χ4v) is 12.5. The minimum Gasteiger partial charge on any atom is -0.462 e. The van der Waals surface area contributed by atoms with Gasteiger partial charge in [-0.15, -0.1) is 0 Å². The summed E-state index contributed by atoms with van der Waals surface area (Å²) in [6.07, 6.45) is 50.0. The Balaban J connectivity index is 5.16. The summed E-state index contributed by atoms with van der Waals surface area (Å²) < 4.78 is 68.2. The Kier molecular flexibility index (Phi) is 62.7. The minimum absolute atomic E-state index is 0.106. The molecule has 0 spiro atoms. The summed E-state index contributed by atoms with van der Waals surface area (Å²) in [4.78, 5) is 72.5. The van der Waals surface area contributed by atoms with Crippen molar-refractivity contribution in [3.05, 3.63) is 0 Å². The molecule has 91 heavy (non-hydrogen) atoms. The van der Waals surface area contributed by atoms with Gasteiger partial charge < -0.3 is 33.8 Å². The summed E-state index contributed by atoms with van der Waals surface area (Å²) in [5.74, 6) is -0.527. The molecule has 540 valence electrons. The number of phosphoric ester groups is 2. The number of unbranched alkanes of at least 4 members (excludes halogenated alkanes) is 40. The second-order valence-corrected chi connectivity index (χ2v) is 29.6. The van der Waals surface area contributed by atoms with Gasteiger partial charge in [0.05, 0.1) is 26.4 Å². The molecule has 0 heterocycles. The predicted octanol–water partition coefficient (Wildman–Crippen LogP) is 20.8. The summed E-state index contributed by atoms with van der Waals surface area (Å²) in [7, 11) is -9.90. The molecule has 0 saturated carbocycles. The number of carbonyl (C=O) groups is 4. The van der Waals surface area contributed by atoms with Gasteiger partial charge in [0, 0.05) is 25.7 Å². The minimum atomic E-state index is -4.95. The second kappa shape index (κ2) is 64.1. The summed E-state index contributed by atoms with van der Waals surface area (Å²) >= 11 is 0. The largest absolute Gasteiger partial charge is 0.472 e. The first-order chi connectivity index (χ1) is 43.9. The lowest BCUT2D eigenvalue weighted by atomic mass is 9.99. The topological polar surface area (TPSA) is 237 Å². The third-order valence-corrected chi connectivity index (χ3v) is 19.0. The van der Waals surface area contributed by atoms with Crippen LogP contribution in [-0.2, 0) is 65.4 Å². The van der Waals surface area contributed by atoms with Gasteiger partial charge in [-0.1, -0.05) is 318 Å². The molecule has 0 amide bonds. The van der Waals surface area contributed by atoms with Gasteiger partial charge in [0.15, 0.2) is 12.2 Å². The van der Waals surface area contributed by atoms with Crippen LogP contribution in [0.1, 0.15) is 369 Å². The summed E-state index contributed by atoms with van der Waals surface area (Å²) in [5.41, 5.74) is 0. The Hall–Kier alpha value is -1.94. The lowest BCUT2D eigenvalue weighted by Gasteiger charge is -2.21. The van der Waals surface area contributed by atoms with Gasteiger partial charge in [0.1, 0.15) is 19.3 Å². The maximum atomic E-state index is 13.0. The molecule has 17 nitrogen and oxygen atoms in total. The van der Waals surface area contributed by atoms with Crippen LogP contribution in [-0.4, -0.2) is 96.7 Å². The van der Waals surface area contributed by atoms with E-state index in [1.165, 1.54) is 186 Å². The van der Waals surface area contributed by atoms with Crippen molar-refractivity contribution in [3.8, 4) is 0 Å². The number of hydrogen-bond donors (Lipinski definition) is 3. The third-order valence-electron chi connectivity index (χ3n) is 17.1. The first kappa shape index (κ1) is 89.1. The van der Waals surface area contributed by atoms with E-state index in [2.05, 4.69) is 41.5 Å². The van der Waals surface area contributed by atoms with E-state index in [9.17, 15) is 43.2 Å². The van der Waals surface area contributed by atoms with Crippen molar-refractivity contribution in [2.75, 3.05) is 39.6 Å². The molecule has 0 bridgehead atoms. The maximum absolute atomic E-state index is 13.0. The average molecular weight is 1340 g/mol. The van der Waals surface area contributed by atoms with E-state index in [-0.39, 0.29) is 25.7 Å². The third kappa shape index (κ3) is 65.1. The van der Waals surface area contributed by atoms with E-state index in [4.69, 9.17) is 37.0 Å². The highest BCUT2D eigenvalue weighted by Crippen LogP contribution is 2.45. The molecule has 0 radical (unpaired) electrons. The smallest absolute Gasteiger partial charge is 0.462 e. The molecule has 0 fully saturated rings. The number of carbonyl (C=O) groups excluding carboxylic acids is 4. The molecule has 0 aromatic carbocycles. The quantitative estimate of drug-likeness (QED) is 0.0222. The van der Waals surface area contributed by atoms with Crippen molar-refractivity contribution in [1.29, 1.82) is 0 Å². The zero-order valence-corrected chi connectivity index (χ0v) is 60.9. The monoisotopic (exact) mass is 1340 g/mol. The normalized spacial score (nSPS) is 14.4. The van der Waals surface area contributed by atoms with Crippen molar-refractivity contribution in [3.63, 3.8) is 0 Å². The number of aliphatic hydroxyl groups excluding tert-OH is 1. The molecule has 0 saturated heterocycles. The highest BCUT2D eigenvalue weighted by atomic mass is 31.2. The molecule has 0 rings (SSSR count). The maximum Gasteiger partial charge on any atom is 0.472 e. The van der Waals surface area contributed by atoms with Crippen LogP contribution in [0.25, 0.3) is 0 Å². The van der Waals surface area contributed by atoms with Gasteiger partial charge in [0.2, 0.25) is 0 Å². The Morgan fingerprint density at radius 3 is 0.835 bits per heavy atom. The van der Waals surface area contributed by atoms with Gasteiger partial charge >= 0.3 is 39.5 Å². The molecule has 0 aromatic heterocycles. The fourth-order valence-electron chi connectivity index (χ4n) is 10.9. The molecular formula is C72H140O17P2. The molecule has 0 aromatic rings. The van der Waals surface area contributed by atoms with E-state index in [1.807, 2.05) is 0 Å². The highest BCUT2D eigenvalue weighted by molar-refractivity contribution is 7.47. The zero-order chi connectivity index (χ0) is 67.2. The van der Waals surface area contributed by atoms with Crippen LogP contribution in [0.3, 0.4) is 0 Å². The van der Waals surface area contributed by atoms with Gasteiger partial charge in [-0.3, -0.25) is 37.3 Å². The number of ether oxygens (including phenoxy) is 4. The van der Waals surface area contributed by atoms with Gasteiger partial charge in [-0.2, -0.15) is 0 Å². The molecular weight excluding hydrogens is 1200 g/mol. The summed E-state index contributed by atoms with van der Waals surface area (Å²) in [5, 5.41) is 10.6. The van der Waals surface area contributed by atoms with Crippen LogP contribution in [0.5, 0.6) is 0 Å². The van der Waals surface area contributed by atoms with E-state index < -0.39 is 97.5 Å². The van der Waals surface area contributed by atoms with Crippen molar-refractivity contribution in [2.24, 2.45) is 11.8 Å². The van der Waals surface area contributed by atoms with Crippen LogP contribution >= 0.6 is 15.6 Å². The number of hydrogen-bond acceptors (Lipinski definition) is 15. The predicted molar refractivity (Wildman–Crippen MR) is 368 cm³/mol. The first-order valence-electron chi connectivity index (χ1n) is 37.5. The van der Waals surface area contributed by atoms with Crippen LogP contribution in [0.15, 0.2) is 0 Å². The lowest BCUT2D eigenvalue weighted by Crippen LogP contribution is -2.30. The van der Waals surface area contributed by atoms with Crippen LogP contribution in [0, 0.1) is 11.8 Å². The van der Waals surface area contributed by atoms with E-state index in [0.29, 0.717) is 25.7 Å². The van der Waals surface area contributed by atoms with Crippen molar-refractivity contribution in [1.82, 2.24) is 0 Å². The Morgan fingerprint density at radius 2 is 0.560 bits per heavy atom. The first-order valence-corrected chi connectivity index (χ1v) is 40.5. The molecule has 0 aliphatic carbocycles. The number of aliphatic hydroxyl groups is 1. The highest BCUT2D eigenvalue weighted by Gasteiger charge is 2.30. The number of phosphoric acid groups is 2. The Labute approximate surface area is 556 Å². The van der Waals surface area contributed by atoms with Gasteiger partial charge in [-0.25, -0.2) is 9.13 Å². The van der Waals surface area contributed by atoms with E-state index >= 15 is 0 Å². The van der Waals surface area contributed by atoms with Gasteiger partial charge in [0.25, 0.3) is 0 Å². The van der Waals surface area contributed by atoms with Crippen LogP contribution < -0.4 is 0 Å². The van der Waals surface area contributed by atoms with Crippen molar-refractivity contribution < 1.29 is 80.2 Å². The lowest BCUT2D eigenvalue weighted by molar-refractivity contribution is -0.161. The van der Waals surface area contributed by atoms with Crippen molar-refractivity contribution >= 4 is 39.5 Å². The molecule has 3 N–H and O–H groups in total. The van der Waals surface area contributed by atoms with Crippen LogP contribution in [0.4, 0.5) is 0 Å². The fraction of sp³-hybridized carbons (Fsp3) is 0.944. The second-order valence-electron chi connectivity index (χ2n) is 26.7. The van der Waals surface area contributed by atoms with E-state index in [1.54, 1.807) is 0 Å². The van der Waals surface area contributed by atoms with E-state index in [0.717, 1.165) is 102 Å². The van der Waals surface area contributed by atoms with Crippen LogP contribution in [0.2, 0.25) is 0 Å². The number of rotatable bonds is 71. The summed E-state index contributed by atoms with van der Waals surface area (Å²) in [6, 6.07) is 0. The number of esters is 4. The SMILES string of the molecule is CCCCCCCCCCCC(=O)OC[C@H](COP(=O)(O)OC[C@H](O)COP(=O)(O)OC[C@@H](COC(=O)CCCCCCCCCCC(C)CC)OC(=O)CCCCCCCCCCCCCCCCCCCCC(C)C)OC(=O)CCCCCCCCCCC. The van der Waals surface area contributed by atoms with Crippen molar-refractivity contribution in [2.45, 2.75) is 387 Å². The molecule has 6 atom stereocenters.